The highest BCUT2D eigenvalue weighted by molar-refractivity contribution is 5.97. The van der Waals surface area contributed by atoms with Gasteiger partial charge < -0.3 is 15.2 Å². The third kappa shape index (κ3) is 3.20. The van der Waals surface area contributed by atoms with Crippen molar-refractivity contribution in [3.8, 4) is 5.75 Å². The topological polar surface area (TPSA) is 58.6 Å². The molecule has 0 aliphatic heterocycles. The number of benzene rings is 1. The van der Waals surface area contributed by atoms with E-state index in [2.05, 4.69) is 5.32 Å². The molecule has 4 nitrogen and oxygen atoms in total. The van der Waals surface area contributed by atoms with E-state index < -0.39 is 11.5 Å². The second-order valence-electron chi connectivity index (χ2n) is 4.65. The summed E-state index contributed by atoms with van der Waals surface area (Å²) in [7, 11) is 1.55. The molecule has 94 valence electrons. The first-order valence-corrected chi connectivity index (χ1v) is 5.44. The summed E-state index contributed by atoms with van der Waals surface area (Å²) in [5, 5.41) is 12.2. The van der Waals surface area contributed by atoms with E-state index in [1.165, 1.54) is 13.8 Å². The smallest absolute Gasteiger partial charge is 0.255 e. The highest BCUT2D eigenvalue weighted by Gasteiger charge is 2.24. The molecule has 0 spiro atoms. The Labute approximate surface area is 102 Å². The van der Waals surface area contributed by atoms with E-state index in [0.29, 0.717) is 11.4 Å². The molecule has 1 aromatic rings. The number of rotatable bonds is 3. The maximum atomic E-state index is 11.7. The van der Waals surface area contributed by atoms with Crippen LogP contribution in [0.1, 0.15) is 25.0 Å². The molecule has 17 heavy (non-hydrogen) atoms. The van der Waals surface area contributed by atoms with E-state index in [1.807, 2.05) is 26.0 Å². The van der Waals surface area contributed by atoms with Crippen molar-refractivity contribution < 1.29 is 14.6 Å². The minimum absolute atomic E-state index is 0.459. The van der Waals surface area contributed by atoms with E-state index in [1.54, 1.807) is 7.11 Å². The summed E-state index contributed by atoms with van der Waals surface area (Å²) in [4.78, 5) is 11.7. The number of anilines is 1. The first-order valence-electron chi connectivity index (χ1n) is 5.44. The van der Waals surface area contributed by atoms with Gasteiger partial charge in [-0.05, 0) is 51.0 Å². The van der Waals surface area contributed by atoms with Gasteiger partial charge in [0.05, 0.1) is 12.8 Å². The third-order valence-corrected chi connectivity index (χ3v) is 2.62. The molecule has 1 amide bonds. The van der Waals surface area contributed by atoms with Gasteiger partial charge in [-0.25, -0.2) is 0 Å². The fourth-order valence-electron chi connectivity index (χ4n) is 1.33. The third-order valence-electron chi connectivity index (χ3n) is 2.62. The van der Waals surface area contributed by atoms with Crippen molar-refractivity contribution in [2.75, 3.05) is 12.4 Å². The second-order valence-corrected chi connectivity index (χ2v) is 4.65. The fraction of sp³-hybridized carbons (Fsp3) is 0.462. The molecule has 0 saturated carbocycles. The molecular formula is C13H19NO3. The van der Waals surface area contributed by atoms with Crippen molar-refractivity contribution >= 4 is 11.6 Å². The Hall–Kier alpha value is -1.55. The van der Waals surface area contributed by atoms with Crippen LogP contribution in [0.5, 0.6) is 5.75 Å². The van der Waals surface area contributed by atoms with Gasteiger partial charge in [0.1, 0.15) is 11.4 Å². The van der Waals surface area contributed by atoms with Crippen molar-refractivity contribution in [2.24, 2.45) is 0 Å². The van der Waals surface area contributed by atoms with Crippen molar-refractivity contribution in [1.29, 1.82) is 0 Å². The van der Waals surface area contributed by atoms with Gasteiger partial charge in [0.15, 0.2) is 0 Å². The molecule has 0 bridgehead atoms. The lowest BCUT2D eigenvalue weighted by Crippen LogP contribution is -2.36. The van der Waals surface area contributed by atoms with Gasteiger partial charge in [-0.2, -0.15) is 0 Å². The zero-order chi connectivity index (χ0) is 13.2. The quantitative estimate of drug-likeness (QED) is 0.845. The number of amides is 1. The van der Waals surface area contributed by atoms with Crippen LogP contribution >= 0.6 is 0 Å². The summed E-state index contributed by atoms with van der Waals surface area (Å²) in [6.45, 7) is 6.81. The van der Waals surface area contributed by atoms with Gasteiger partial charge in [-0.3, -0.25) is 4.79 Å². The van der Waals surface area contributed by atoms with Gasteiger partial charge in [0.25, 0.3) is 5.91 Å². The zero-order valence-corrected chi connectivity index (χ0v) is 10.9. The van der Waals surface area contributed by atoms with E-state index in [4.69, 9.17) is 4.74 Å². The van der Waals surface area contributed by atoms with E-state index >= 15 is 0 Å². The molecule has 4 heteroatoms. The predicted molar refractivity (Wildman–Crippen MR) is 67.4 cm³/mol. The first-order chi connectivity index (χ1) is 7.75. The van der Waals surface area contributed by atoms with E-state index in [-0.39, 0.29) is 0 Å². The van der Waals surface area contributed by atoms with Crippen LogP contribution in [-0.4, -0.2) is 23.7 Å². The number of hydrogen-bond donors (Lipinski definition) is 2. The molecule has 0 radical (unpaired) electrons. The molecule has 1 rings (SSSR count). The van der Waals surface area contributed by atoms with Crippen LogP contribution in [0, 0.1) is 13.8 Å². The number of methoxy groups -OCH3 is 1. The van der Waals surface area contributed by atoms with Crippen molar-refractivity contribution in [1.82, 2.24) is 0 Å². The molecule has 0 unspecified atom stereocenters. The number of carbonyl (C=O) groups is 1. The predicted octanol–water partition coefficient (Wildman–Crippen LogP) is 2.02. The zero-order valence-electron chi connectivity index (χ0n) is 10.9. The number of ether oxygens (including phenoxy) is 1. The van der Waals surface area contributed by atoms with Crippen LogP contribution in [0.25, 0.3) is 0 Å². The van der Waals surface area contributed by atoms with Crippen LogP contribution in [0.15, 0.2) is 12.1 Å². The highest BCUT2D eigenvalue weighted by Crippen LogP contribution is 2.28. The Morgan fingerprint density at radius 3 is 2.29 bits per heavy atom. The Bertz CT molecular complexity index is 433. The maximum Gasteiger partial charge on any atom is 0.255 e. The fourth-order valence-corrected chi connectivity index (χ4v) is 1.33. The van der Waals surface area contributed by atoms with Crippen LogP contribution in [0.3, 0.4) is 0 Å². The van der Waals surface area contributed by atoms with Gasteiger partial charge in [-0.15, -0.1) is 0 Å². The molecule has 2 N–H and O–H groups in total. The molecule has 0 aromatic heterocycles. The average molecular weight is 237 g/mol. The van der Waals surface area contributed by atoms with Crippen LogP contribution in [0.2, 0.25) is 0 Å². The normalized spacial score (nSPS) is 11.2. The van der Waals surface area contributed by atoms with E-state index in [9.17, 15) is 9.90 Å². The molecule has 0 atom stereocenters. The Morgan fingerprint density at radius 1 is 1.29 bits per heavy atom. The first kappa shape index (κ1) is 13.5. The summed E-state index contributed by atoms with van der Waals surface area (Å²) in [5.74, 6) is 0.129. The van der Waals surface area contributed by atoms with Gasteiger partial charge >= 0.3 is 0 Å². The number of aryl methyl sites for hydroxylation is 2. The molecule has 0 aliphatic rings. The number of carbonyl (C=O) groups excluding carboxylic acids is 1. The van der Waals surface area contributed by atoms with Gasteiger partial charge in [0, 0.05) is 0 Å². The van der Waals surface area contributed by atoms with Crippen LogP contribution in [0.4, 0.5) is 5.69 Å². The monoisotopic (exact) mass is 237 g/mol. The molecule has 0 saturated heterocycles. The number of aliphatic hydroxyl groups is 1. The van der Waals surface area contributed by atoms with Gasteiger partial charge in [-0.1, -0.05) is 0 Å². The lowest BCUT2D eigenvalue weighted by atomic mass is 10.1. The standard InChI is InChI=1S/C13H19NO3/c1-8-6-10(11(17-5)7-9(8)2)14-12(15)13(3,4)16/h6-7,16H,1-5H3,(H,14,15). The summed E-state index contributed by atoms with van der Waals surface area (Å²) in [6, 6.07) is 3.69. The summed E-state index contributed by atoms with van der Waals surface area (Å²) < 4.78 is 5.20. The molecule has 1 aromatic carbocycles. The van der Waals surface area contributed by atoms with Crippen molar-refractivity contribution in [3.05, 3.63) is 23.3 Å². The summed E-state index contributed by atoms with van der Waals surface area (Å²) in [6.07, 6.45) is 0. The highest BCUT2D eigenvalue weighted by atomic mass is 16.5. The SMILES string of the molecule is COc1cc(C)c(C)cc1NC(=O)C(C)(C)O. The Morgan fingerprint density at radius 2 is 1.82 bits per heavy atom. The summed E-state index contributed by atoms with van der Waals surface area (Å²) >= 11 is 0. The molecule has 0 heterocycles. The maximum absolute atomic E-state index is 11.7. The molecular weight excluding hydrogens is 218 g/mol. The van der Waals surface area contributed by atoms with Crippen LogP contribution in [-0.2, 0) is 4.79 Å². The van der Waals surface area contributed by atoms with Crippen molar-refractivity contribution in [3.63, 3.8) is 0 Å². The lowest BCUT2D eigenvalue weighted by Gasteiger charge is -2.19. The van der Waals surface area contributed by atoms with Crippen LogP contribution < -0.4 is 10.1 Å². The summed E-state index contributed by atoms with van der Waals surface area (Å²) in [5.41, 5.74) is 1.30. The molecule has 0 fully saturated rings. The minimum atomic E-state index is -1.41. The molecule has 0 aliphatic carbocycles. The largest absolute Gasteiger partial charge is 0.495 e. The van der Waals surface area contributed by atoms with Crippen molar-refractivity contribution in [2.45, 2.75) is 33.3 Å². The lowest BCUT2D eigenvalue weighted by molar-refractivity contribution is -0.130. The minimum Gasteiger partial charge on any atom is -0.495 e. The Balaban J connectivity index is 3.06. The van der Waals surface area contributed by atoms with Gasteiger partial charge in [0.2, 0.25) is 0 Å². The number of hydrogen-bond acceptors (Lipinski definition) is 3. The average Bonchev–Trinajstić information content (AvgIpc) is 2.21. The second kappa shape index (κ2) is 4.75. The van der Waals surface area contributed by atoms with E-state index in [0.717, 1.165) is 11.1 Å². The number of nitrogens with one attached hydrogen (secondary N) is 1. The Kier molecular flexibility index (Phi) is 3.78.